The lowest BCUT2D eigenvalue weighted by Gasteiger charge is -2.22. The van der Waals surface area contributed by atoms with Gasteiger partial charge in [0.25, 0.3) is 0 Å². The van der Waals surface area contributed by atoms with Gasteiger partial charge in [-0.2, -0.15) is 17.5 Å². The van der Waals surface area contributed by atoms with E-state index in [0.717, 1.165) is 22.7 Å². The van der Waals surface area contributed by atoms with Crippen LogP contribution in [0.4, 0.5) is 13.2 Å². The minimum absolute atomic E-state index is 0.0916. The predicted molar refractivity (Wildman–Crippen MR) is 66.4 cm³/mol. The lowest BCUT2D eigenvalue weighted by atomic mass is 10.0. The van der Waals surface area contributed by atoms with Gasteiger partial charge in [-0.25, -0.2) is 8.42 Å². The number of aliphatic hydroxyl groups is 1. The topological polar surface area (TPSA) is 57.6 Å². The Balaban J connectivity index is 2.40. The van der Waals surface area contributed by atoms with Crippen LogP contribution in [0.1, 0.15) is 23.6 Å². The van der Waals surface area contributed by atoms with Crippen LogP contribution in [0.2, 0.25) is 0 Å². The van der Waals surface area contributed by atoms with Gasteiger partial charge >= 0.3 is 6.18 Å². The number of benzene rings is 1. The summed E-state index contributed by atoms with van der Waals surface area (Å²) < 4.78 is 62.4. The Bertz CT molecular complexity index is 600. The van der Waals surface area contributed by atoms with E-state index in [0.29, 0.717) is 0 Å². The minimum atomic E-state index is -4.48. The highest BCUT2D eigenvalue weighted by atomic mass is 32.2. The Morgan fingerprint density at radius 2 is 2.00 bits per heavy atom. The van der Waals surface area contributed by atoms with Gasteiger partial charge in [-0.1, -0.05) is 12.1 Å². The van der Waals surface area contributed by atoms with E-state index in [2.05, 4.69) is 0 Å². The molecule has 1 heterocycles. The standard InChI is InChI=1S/C12H14F3NO3S/c1-20(18,19)16-7-10(17)6-11(16)8-3-2-4-9(5-8)12(13,14)15/h2-5,10-11,17H,6-7H2,1H3/t10-,11-/m0/s1. The summed E-state index contributed by atoms with van der Waals surface area (Å²) in [4.78, 5) is 0. The van der Waals surface area contributed by atoms with Crippen molar-refractivity contribution in [1.29, 1.82) is 0 Å². The maximum absolute atomic E-state index is 12.7. The van der Waals surface area contributed by atoms with Crippen molar-refractivity contribution in [3.05, 3.63) is 35.4 Å². The average molecular weight is 309 g/mol. The van der Waals surface area contributed by atoms with Crippen molar-refractivity contribution in [2.75, 3.05) is 12.8 Å². The lowest BCUT2D eigenvalue weighted by molar-refractivity contribution is -0.137. The maximum atomic E-state index is 12.7. The van der Waals surface area contributed by atoms with Crippen molar-refractivity contribution in [3.8, 4) is 0 Å². The van der Waals surface area contributed by atoms with Crippen LogP contribution < -0.4 is 0 Å². The van der Waals surface area contributed by atoms with Crippen LogP contribution in [-0.2, 0) is 16.2 Å². The third-order valence-electron chi connectivity index (χ3n) is 3.26. The monoisotopic (exact) mass is 309 g/mol. The molecular weight excluding hydrogens is 295 g/mol. The normalized spacial score (nSPS) is 25.1. The van der Waals surface area contributed by atoms with E-state index >= 15 is 0 Å². The molecule has 2 atom stereocenters. The third-order valence-corrected chi connectivity index (χ3v) is 4.51. The summed E-state index contributed by atoms with van der Waals surface area (Å²) in [5.41, 5.74) is -0.591. The minimum Gasteiger partial charge on any atom is -0.392 e. The summed E-state index contributed by atoms with van der Waals surface area (Å²) >= 11 is 0. The highest BCUT2D eigenvalue weighted by molar-refractivity contribution is 7.88. The molecule has 1 saturated heterocycles. The van der Waals surface area contributed by atoms with Crippen LogP contribution in [0.5, 0.6) is 0 Å². The van der Waals surface area contributed by atoms with Gasteiger partial charge in [-0.15, -0.1) is 0 Å². The number of alkyl halides is 3. The van der Waals surface area contributed by atoms with Crippen molar-refractivity contribution in [2.24, 2.45) is 0 Å². The van der Waals surface area contributed by atoms with E-state index in [4.69, 9.17) is 0 Å². The number of halogens is 3. The molecule has 2 rings (SSSR count). The van der Waals surface area contributed by atoms with Gasteiger partial charge < -0.3 is 5.11 Å². The lowest BCUT2D eigenvalue weighted by Crippen LogP contribution is -2.30. The molecule has 1 aromatic carbocycles. The van der Waals surface area contributed by atoms with Gasteiger partial charge in [0.1, 0.15) is 0 Å². The molecular formula is C12H14F3NO3S. The van der Waals surface area contributed by atoms with E-state index < -0.39 is 33.9 Å². The Morgan fingerprint density at radius 1 is 1.35 bits per heavy atom. The van der Waals surface area contributed by atoms with Gasteiger partial charge in [-0.3, -0.25) is 0 Å². The number of sulfonamides is 1. The first-order valence-electron chi connectivity index (χ1n) is 5.91. The summed E-state index contributed by atoms with van der Waals surface area (Å²) in [6, 6.07) is 3.78. The van der Waals surface area contributed by atoms with Gasteiger partial charge in [0.2, 0.25) is 10.0 Å². The fourth-order valence-corrected chi connectivity index (χ4v) is 3.49. The predicted octanol–water partition coefficient (Wildman–Crippen LogP) is 1.77. The second kappa shape index (κ2) is 5.01. The van der Waals surface area contributed by atoms with E-state index in [1.54, 1.807) is 0 Å². The number of aliphatic hydroxyl groups excluding tert-OH is 1. The second-order valence-electron chi connectivity index (χ2n) is 4.86. The Morgan fingerprint density at radius 3 is 2.55 bits per heavy atom. The molecule has 0 aliphatic carbocycles. The zero-order chi connectivity index (χ0) is 15.1. The smallest absolute Gasteiger partial charge is 0.392 e. The molecule has 20 heavy (non-hydrogen) atoms. The Hall–Kier alpha value is -1.12. The van der Waals surface area contributed by atoms with Gasteiger partial charge in [0, 0.05) is 6.54 Å². The molecule has 1 fully saturated rings. The first-order valence-corrected chi connectivity index (χ1v) is 7.76. The summed E-state index contributed by atoms with van der Waals surface area (Å²) in [6.07, 6.45) is -4.28. The zero-order valence-corrected chi connectivity index (χ0v) is 11.4. The first kappa shape index (κ1) is 15.3. The molecule has 0 saturated carbocycles. The molecule has 0 aromatic heterocycles. The molecule has 0 bridgehead atoms. The second-order valence-corrected chi connectivity index (χ2v) is 6.80. The molecule has 4 nitrogen and oxygen atoms in total. The fraction of sp³-hybridized carbons (Fsp3) is 0.500. The number of nitrogens with zero attached hydrogens (tertiary/aromatic N) is 1. The van der Waals surface area contributed by atoms with Crippen LogP contribution in [0, 0.1) is 0 Å². The molecule has 1 aliphatic rings. The van der Waals surface area contributed by atoms with E-state index in [-0.39, 0.29) is 18.5 Å². The fourth-order valence-electron chi connectivity index (χ4n) is 2.38. The van der Waals surface area contributed by atoms with Crippen LogP contribution in [0.3, 0.4) is 0 Å². The summed E-state index contributed by atoms with van der Waals surface area (Å²) in [5, 5.41) is 9.60. The molecule has 112 valence electrons. The molecule has 1 N–H and O–H groups in total. The van der Waals surface area contributed by atoms with Crippen LogP contribution in [0.25, 0.3) is 0 Å². The Labute approximate surface area is 114 Å². The van der Waals surface area contributed by atoms with Crippen LogP contribution in [-0.4, -0.2) is 36.7 Å². The summed E-state index contributed by atoms with van der Waals surface area (Å²) in [6.45, 7) is -0.0975. The van der Waals surface area contributed by atoms with Crippen molar-refractivity contribution in [3.63, 3.8) is 0 Å². The molecule has 0 radical (unpaired) electrons. The summed E-state index contributed by atoms with van der Waals surface area (Å²) in [5.74, 6) is 0. The molecule has 1 aromatic rings. The molecule has 0 amide bonds. The number of hydrogen-bond acceptors (Lipinski definition) is 3. The molecule has 8 heteroatoms. The Kier molecular flexibility index (Phi) is 3.83. The summed E-state index contributed by atoms with van der Waals surface area (Å²) in [7, 11) is -3.59. The van der Waals surface area contributed by atoms with E-state index in [9.17, 15) is 26.7 Å². The highest BCUT2D eigenvalue weighted by Gasteiger charge is 2.39. The first-order chi connectivity index (χ1) is 9.09. The highest BCUT2D eigenvalue weighted by Crippen LogP contribution is 2.37. The van der Waals surface area contributed by atoms with E-state index in [1.807, 2.05) is 0 Å². The van der Waals surface area contributed by atoms with Gasteiger partial charge in [0.15, 0.2) is 0 Å². The molecule has 0 unspecified atom stereocenters. The maximum Gasteiger partial charge on any atom is 0.416 e. The molecule has 0 spiro atoms. The van der Waals surface area contributed by atoms with Gasteiger partial charge in [-0.05, 0) is 24.1 Å². The number of β-amino-alcohol motifs (C(OH)–C–C–N with tert-alkyl or cyclic N) is 1. The van der Waals surface area contributed by atoms with Crippen LogP contribution in [0.15, 0.2) is 24.3 Å². The van der Waals surface area contributed by atoms with Crippen LogP contribution >= 0.6 is 0 Å². The average Bonchev–Trinajstić information content (AvgIpc) is 2.70. The number of rotatable bonds is 2. The largest absolute Gasteiger partial charge is 0.416 e. The SMILES string of the molecule is CS(=O)(=O)N1C[C@@H](O)C[C@H]1c1cccc(C(F)(F)F)c1. The van der Waals surface area contributed by atoms with Crippen molar-refractivity contribution < 1.29 is 26.7 Å². The number of hydrogen-bond donors (Lipinski definition) is 1. The molecule has 1 aliphatic heterocycles. The van der Waals surface area contributed by atoms with Gasteiger partial charge in [0.05, 0.1) is 24.0 Å². The zero-order valence-electron chi connectivity index (χ0n) is 10.6. The van der Waals surface area contributed by atoms with Crippen molar-refractivity contribution >= 4 is 10.0 Å². The quantitative estimate of drug-likeness (QED) is 0.906. The third kappa shape index (κ3) is 3.13. The van der Waals surface area contributed by atoms with Crippen molar-refractivity contribution in [2.45, 2.75) is 24.7 Å². The van der Waals surface area contributed by atoms with Crippen molar-refractivity contribution in [1.82, 2.24) is 4.31 Å². The van der Waals surface area contributed by atoms with E-state index in [1.165, 1.54) is 12.1 Å².